The Bertz CT molecular complexity index is 655. The molecule has 0 amide bonds. The largest absolute Gasteiger partial charge is 0.379 e. The number of aliphatic imine (C=N–C) groups is 1. The Morgan fingerprint density at radius 1 is 1.09 bits per heavy atom. The van der Waals surface area contributed by atoms with Crippen LogP contribution >= 0.6 is 24.0 Å². The highest BCUT2D eigenvalue weighted by Crippen LogP contribution is 2.22. The van der Waals surface area contributed by atoms with Gasteiger partial charge in [0.05, 0.1) is 38.5 Å². The zero-order valence-electron chi connectivity index (χ0n) is 20.0. The van der Waals surface area contributed by atoms with Gasteiger partial charge < -0.3 is 20.1 Å². The minimum absolute atomic E-state index is 0. The monoisotopic (exact) mass is 559 g/mol. The lowest BCUT2D eigenvalue weighted by Gasteiger charge is -2.35. The molecule has 2 aliphatic rings. The van der Waals surface area contributed by atoms with Crippen LogP contribution in [0.3, 0.4) is 0 Å². The van der Waals surface area contributed by atoms with E-state index in [-0.39, 0.29) is 36.1 Å². The number of hydrogen-bond acceptors (Lipinski definition) is 5. The van der Waals surface area contributed by atoms with E-state index in [0.29, 0.717) is 12.5 Å². The predicted molar refractivity (Wildman–Crippen MR) is 142 cm³/mol. The Morgan fingerprint density at radius 3 is 2.53 bits per heavy atom. The van der Waals surface area contributed by atoms with Crippen molar-refractivity contribution >= 4 is 29.9 Å². The third-order valence-electron chi connectivity index (χ3n) is 5.78. The third kappa shape index (κ3) is 9.13. The standard InChI is InChI=1S/C24H41N5O2.HI/c1-4-25-24(26-16-22-19-28(10-15-31-22)18-20(2)3)27-17-23(21-8-6-5-7-9-21)29-11-13-30-14-12-29;/h5-9,20,22-23H,4,10-19H2,1-3H3,(H2,25,26,27);1H. The molecule has 0 spiro atoms. The normalized spacial score (nSPS) is 21.8. The van der Waals surface area contributed by atoms with E-state index in [9.17, 15) is 0 Å². The van der Waals surface area contributed by atoms with E-state index >= 15 is 0 Å². The zero-order valence-corrected chi connectivity index (χ0v) is 22.3. The highest BCUT2D eigenvalue weighted by Gasteiger charge is 2.23. The first-order valence-corrected chi connectivity index (χ1v) is 11.9. The fraction of sp³-hybridized carbons (Fsp3) is 0.708. The van der Waals surface area contributed by atoms with Gasteiger partial charge in [0.2, 0.25) is 0 Å². The maximum absolute atomic E-state index is 6.00. The molecule has 2 heterocycles. The highest BCUT2D eigenvalue weighted by atomic mass is 127. The van der Waals surface area contributed by atoms with Gasteiger partial charge in [0.15, 0.2) is 5.96 Å². The van der Waals surface area contributed by atoms with E-state index in [4.69, 9.17) is 14.5 Å². The first-order valence-electron chi connectivity index (χ1n) is 11.9. The number of hydrogen-bond donors (Lipinski definition) is 2. The lowest BCUT2D eigenvalue weighted by molar-refractivity contribution is -0.0284. The summed E-state index contributed by atoms with van der Waals surface area (Å²) < 4.78 is 11.6. The average Bonchev–Trinajstić information content (AvgIpc) is 2.79. The molecule has 2 saturated heterocycles. The summed E-state index contributed by atoms with van der Waals surface area (Å²) in [5, 5.41) is 6.92. The van der Waals surface area contributed by atoms with E-state index in [0.717, 1.165) is 71.6 Å². The van der Waals surface area contributed by atoms with Crippen molar-refractivity contribution in [1.29, 1.82) is 0 Å². The molecule has 2 fully saturated rings. The second-order valence-electron chi connectivity index (χ2n) is 8.82. The predicted octanol–water partition coefficient (Wildman–Crippen LogP) is 2.59. The van der Waals surface area contributed by atoms with Gasteiger partial charge in [-0.1, -0.05) is 44.2 Å². The SMILES string of the molecule is CCNC(=NCC(c1ccccc1)N1CCOCC1)NCC1CN(CC(C)C)CCO1.I. The number of guanidine groups is 1. The fourth-order valence-electron chi connectivity index (χ4n) is 4.31. The van der Waals surface area contributed by atoms with Gasteiger partial charge in [-0.3, -0.25) is 14.8 Å². The molecule has 1 aromatic carbocycles. The Kier molecular flexibility index (Phi) is 12.8. The van der Waals surface area contributed by atoms with Crippen LogP contribution in [0.1, 0.15) is 32.4 Å². The Morgan fingerprint density at radius 2 is 1.84 bits per heavy atom. The van der Waals surface area contributed by atoms with Crippen molar-refractivity contribution in [2.75, 3.05) is 72.2 Å². The molecule has 2 unspecified atom stereocenters. The van der Waals surface area contributed by atoms with Crippen LogP contribution in [-0.4, -0.2) is 94.0 Å². The molecule has 2 aliphatic heterocycles. The molecular formula is C24H42IN5O2. The van der Waals surface area contributed by atoms with Gasteiger partial charge in [0.1, 0.15) is 0 Å². The summed E-state index contributed by atoms with van der Waals surface area (Å²) in [6.45, 7) is 16.4. The molecule has 0 radical (unpaired) electrons. The number of rotatable bonds is 9. The van der Waals surface area contributed by atoms with Crippen molar-refractivity contribution in [3.63, 3.8) is 0 Å². The maximum Gasteiger partial charge on any atom is 0.191 e. The number of halogens is 1. The molecule has 2 atom stereocenters. The third-order valence-corrected chi connectivity index (χ3v) is 5.78. The van der Waals surface area contributed by atoms with E-state index in [1.165, 1.54) is 5.56 Å². The minimum atomic E-state index is 0. The van der Waals surface area contributed by atoms with Crippen molar-refractivity contribution in [1.82, 2.24) is 20.4 Å². The van der Waals surface area contributed by atoms with Crippen LogP contribution in [0.4, 0.5) is 0 Å². The fourth-order valence-corrected chi connectivity index (χ4v) is 4.31. The van der Waals surface area contributed by atoms with Crippen molar-refractivity contribution in [3.05, 3.63) is 35.9 Å². The van der Waals surface area contributed by atoms with Gasteiger partial charge in [-0.15, -0.1) is 24.0 Å². The molecule has 7 nitrogen and oxygen atoms in total. The average molecular weight is 560 g/mol. The molecule has 32 heavy (non-hydrogen) atoms. The van der Waals surface area contributed by atoms with E-state index in [1.807, 2.05) is 0 Å². The smallest absolute Gasteiger partial charge is 0.191 e. The van der Waals surface area contributed by atoms with Gasteiger partial charge in [-0.2, -0.15) is 0 Å². The second-order valence-corrected chi connectivity index (χ2v) is 8.82. The van der Waals surface area contributed by atoms with Crippen LogP contribution in [-0.2, 0) is 9.47 Å². The summed E-state index contributed by atoms with van der Waals surface area (Å²) >= 11 is 0. The lowest BCUT2D eigenvalue weighted by atomic mass is 10.1. The van der Waals surface area contributed by atoms with E-state index < -0.39 is 0 Å². The van der Waals surface area contributed by atoms with Crippen molar-refractivity contribution in [3.8, 4) is 0 Å². The van der Waals surface area contributed by atoms with Crippen molar-refractivity contribution < 1.29 is 9.47 Å². The molecule has 0 aliphatic carbocycles. The molecule has 0 saturated carbocycles. The number of benzene rings is 1. The van der Waals surface area contributed by atoms with Crippen LogP contribution in [0.5, 0.6) is 0 Å². The van der Waals surface area contributed by atoms with Crippen LogP contribution in [0.2, 0.25) is 0 Å². The summed E-state index contributed by atoms with van der Waals surface area (Å²) in [5.74, 6) is 1.54. The molecule has 182 valence electrons. The number of ether oxygens (including phenoxy) is 2. The van der Waals surface area contributed by atoms with Crippen molar-refractivity contribution in [2.45, 2.75) is 32.9 Å². The maximum atomic E-state index is 6.00. The number of nitrogens with zero attached hydrogens (tertiary/aromatic N) is 3. The van der Waals surface area contributed by atoms with Gasteiger partial charge >= 0.3 is 0 Å². The lowest BCUT2D eigenvalue weighted by Crippen LogP contribution is -2.50. The van der Waals surface area contributed by atoms with Crippen LogP contribution in [0.25, 0.3) is 0 Å². The van der Waals surface area contributed by atoms with Gasteiger partial charge in [0.25, 0.3) is 0 Å². The summed E-state index contributed by atoms with van der Waals surface area (Å²) in [5.41, 5.74) is 1.31. The first kappa shape index (κ1) is 27.3. The van der Waals surface area contributed by atoms with E-state index in [1.54, 1.807) is 0 Å². The topological polar surface area (TPSA) is 61.4 Å². The van der Waals surface area contributed by atoms with Gasteiger partial charge in [0, 0.05) is 45.8 Å². The molecule has 8 heteroatoms. The van der Waals surface area contributed by atoms with Crippen LogP contribution in [0, 0.1) is 5.92 Å². The van der Waals surface area contributed by atoms with Gasteiger partial charge in [-0.25, -0.2) is 0 Å². The zero-order chi connectivity index (χ0) is 21.9. The first-order chi connectivity index (χ1) is 15.2. The molecule has 0 aromatic heterocycles. The Hall–Kier alpha value is -0.940. The molecular weight excluding hydrogens is 517 g/mol. The summed E-state index contributed by atoms with van der Waals surface area (Å²) in [4.78, 5) is 9.95. The number of nitrogens with one attached hydrogen (secondary N) is 2. The molecule has 0 bridgehead atoms. The van der Waals surface area contributed by atoms with E-state index in [2.05, 4.69) is 71.5 Å². The molecule has 2 N–H and O–H groups in total. The molecule has 3 rings (SSSR count). The second kappa shape index (κ2) is 15.1. The quantitative estimate of drug-likeness (QED) is 0.276. The summed E-state index contributed by atoms with van der Waals surface area (Å²) in [7, 11) is 0. The highest BCUT2D eigenvalue weighted by molar-refractivity contribution is 14.0. The van der Waals surface area contributed by atoms with Crippen molar-refractivity contribution in [2.24, 2.45) is 10.9 Å². The van der Waals surface area contributed by atoms with Crippen LogP contribution < -0.4 is 10.6 Å². The molecule has 1 aromatic rings. The summed E-state index contributed by atoms with van der Waals surface area (Å²) in [6, 6.07) is 11.0. The summed E-state index contributed by atoms with van der Waals surface area (Å²) in [6.07, 6.45) is 0.195. The Labute approximate surface area is 211 Å². The Balaban J connectivity index is 0.00000363. The van der Waals surface area contributed by atoms with Gasteiger partial charge in [-0.05, 0) is 18.4 Å². The van der Waals surface area contributed by atoms with Crippen LogP contribution in [0.15, 0.2) is 35.3 Å². The number of morpholine rings is 2. The minimum Gasteiger partial charge on any atom is -0.379 e.